The molecule has 0 saturated heterocycles. The maximum Gasteiger partial charge on any atom is 0.322 e. The van der Waals surface area contributed by atoms with Gasteiger partial charge >= 0.3 is 4.87 Å². The second-order valence-corrected chi connectivity index (χ2v) is 4.39. The normalized spacial score (nSPS) is 10.4. The van der Waals surface area contributed by atoms with Crippen molar-refractivity contribution in [2.75, 3.05) is 0 Å². The summed E-state index contributed by atoms with van der Waals surface area (Å²) in [7, 11) is 0. The maximum absolute atomic E-state index is 10.8. The Labute approximate surface area is 76.7 Å². The first-order valence-corrected chi connectivity index (χ1v) is 5.07. The Balaban J connectivity index is 2.57. The van der Waals surface area contributed by atoms with Gasteiger partial charge in [0.05, 0.1) is 0 Å². The molecule has 0 radical (unpaired) electrons. The van der Waals surface area contributed by atoms with Gasteiger partial charge in [0.15, 0.2) is 0 Å². The summed E-state index contributed by atoms with van der Waals surface area (Å²) in [4.78, 5) is 11.9. The molecule has 0 saturated carbocycles. The zero-order chi connectivity index (χ0) is 8.55. The van der Waals surface area contributed by atoms with E-state index in [1.807, 2.05) is 18.4 Å². The number of hydrogen-bond acceptors (Lipinski definition) is 4. The SMILES string of the molecule is Cc1sccc1-c1n[nH]c(=O)s1. The summed E-state index contributed by atoms with van der Waals surface area (Å²) in [6.45, 7) is 2.02. The molecule has 62 valence electrons. The Morgan fingerprint density at radius 2 is 2.42 bits per heavy atom. The Morgan fingerprint density at radius 1 is 1.58 bits per heavy atom. The first-order valence-electron chi connectivity index (χ1n) is 3.37. The predicted octanol–water partition coefficient (Wildman–Crippen LogP) is 1.87. The molecule has 0 bridgehead atoms. The highest BCUT2D eigenvalue weighted by Gasteiger charge is 2.06. The summed E-state index contributed by atoms with van der Waals surface area (Å²) in [5, 5.41) is 9.08. The average molecular weight is 198 g/mol. The van der Waals surface area contributed by atoms with Crippen molar-refractivity contribution < 1.29 is 0 Å². The second kappa shape index (κ2) is 2.84. The highest BCUT2D eigenvalue weighted by Crippen LogP contribution is 2.26. The Hall–Kier alpha value is -0.940. The first kappa shape index (κ1) is 7.70. The molecule has 2 heterocycles. The molecule has 0 fully saturated rings. The van der Waals surface area contributed by atoms with E-state index in [1.54, 1.807) is 11.3 Å². The van der Waals surface area contributed by atoms with Crippen molar-refractivity contribution >= 4 is 22.7 Å². The maximum atomic E-state index is 10.8. The average Bonchev–Trinajstić information content (AvgIpc) is 2.58. The van der Waals surface area contributed by atoms with Crippen molar-refractivity contribution in [2.24, 2.45) is 0 Å². The van der Waals surface area contributed by atoms with E-state index in [-0.39, 0.29) is 4.87 Å². The van der Waals surface area contributed by atoms with E-state index in [1.165, 1.54) is 4.88 Å². The molecule has 5 heteroatoms. The lowest BCUT2D eigenvalue weighted by atomic mass is 10.3. The minimum absolute atomic E-state index is 0.101. The zero-order valence-electron chi connectivity index (χ0n) is 6.33. The van der Waals surface area contributed by atoms with Gasteiger partial charge in [0.1, 0.15) is 5.01 Å². The monoisotopic (exact) mass is 198 g/mol. The lowest BCUT2D eigenvalue weighted by molar-refractivity contribution is 1.06. The Morgan fingerprint density at radius 3 is 2.92 bits per heavy atom. The van der Waals surface area contributed by atoms with E-state index in [0.29, 0.717) is 0 Å². The van der Waals surface area contributed by atoms with Gasteiger partial charge in [0.25, 0.3) is 0 Å². The van der Waals surface area contributed by atoms with Gasteiger partial charge in [-0.3, -0.25) is 4.79 Å². The third-order valence-electron chi connectivity index (χ3n) is 1.53. The smallest absolute Gasteiger partial charge is 0.255 e. The number of aryl methyl sites for hydroxylation is 1. The number of aromatic amines is 1. The fraction of sp³-hybridized carbons (Fsp3) is 0.143. The molecule has 0 aliphatic rings. The summed E-state index contributed by atoms with van der Waals surface area (Å²) < 4.78 is 0. The largest absolute Gasteiger partial charge is 0.322 e. The zero-order valence-corrected chi connectivity index (χ0v) is 7.96. The second-order valence-electron chi connectivity index (χ2n) is 2.31. The van der Waals surface area contributed by atoms with Crippen LogP contribution in [0.15, 0.2) is 16.2 Å². The number of nitrogens with zero attached hydrogens (tertiary/aromatic N) is 1. The van der Waals surface area contributed by atoms with E-state index in [2.05, 4.69) is 10.2 Å². The van der Waals surface area contributed by atoms with Crippen molar-refractivity contribution in [3.05, 3.63) is 26.0 Å². The van der Waals surface area contributed by atoms with Gasteiger partial charge < -0.3 is 0 Å². The Kier molecular flexibility index (Phi) is 1.82. The molecule has 0 spiro atoms. The van der Waals surface area contributed by atoms with Crippen molar-refractivity contribution in [1.29, 1.82) is 0 Å². The molecule has 0 aliphatic heterocycles. The molecule has 2 aromatic heterocycles. The van der Waals surface area contributed by atoms with E-state index < -0.39 is 0 Å². The molecule has 1 N–H and O–H groups in total. The van der Waals surface area contributed by atoms with E-state index in [9.17, 15) is 4.79 Å². The van der Waals surface area contributed by atoms with E-state index >= 15 is 0 Å². The minimum Gasteiger partial charge on any atom is -0.255 e. The molecule has 12 heavy (non-hydrogen) atoms. The fourth-order valence-corrected chi connectivity index (χ4v) is 2.41. The Bertz CT molecular complexity index is 440. The van der Waals surface area contributed by atoms with Gasteiger partial charge in [-0.1, -0.05) is 11.3 Å². The van der Waals surface area contributed by atoms with Crippen LogP contribution in [0.25, 0.3) is 10.6 Å². The molecule has 3 nitrogen and oxygen atoms in total. The van der Waals surface area contributed by atoms with Crippen LogP contribution in [0.2, 0.25) is 0 Å². The lowest BCUT2D eigenvalue weighted by Crippen LogP contribution is -1.90. The molecule has 0 atom stereocenters. The molecule has 0 amide bonds. The minimum atomic E-state index is -0.101. The summed E-state index contributed by atoms with van der Waals surface area (Å²) in [6.07, 6.45) is 0. The van der Waals surface area contributed by atoms with Crippen LogP contribution >= 0.6 is 22.7 Å². The topological polar surface area (TPSA) is 45.8 Å². The van der Waals surface area contributed by atoms with Gasteiger partial charge in [0, 0.05) is 10.4 Å². The van der Waals surface area contributed by atoms with Gasteiger partial charge in [0.2, 0.25) is 0 Å². The van der Waals surface area contributed by atoms with Crippen molar-refractivity contribution in [1.82, 2.24) is 10.2 Å². The van der Waals surface area contributed by atoms with Crippen molar-refractivity contribution in [3.63, 3.8) is 0 Å². The van der Waals surface area contributed by atoms with E-state index in [0.717, 1.165) is 21.9 Å². The fourth-order valence-electron chi connectivity index (χ4n) is 0.952. The van der Waals surface area contributed by atoms with Crippen LogP contribution in [0.5, 0.6) is 0 Å². The molecular weight excluding hydrogens is 192 g/mol. The summed E-state index contributed by atoms with van der Waals surface area (Å²) in [5.74, 6) is 0. The first-order chi connectivity index (χ1) is 5.77. The van der Waals surface area contributed by atoms with Gasteiger partial charge in [-0.2, -0.15) is 5.10 Å². The van der Waals surface area contributed by atoms with Crippen LogP contribution < -0.4 is 4.87 Å². The predicted molar refractivity (Wildman–Crippen MR) is 50.8 cm³/mol. The molecule has 0 unspecified atom stereocenters. The standard InChI is InChI=1S/C7H6N2OS2/c1-4-5(2-3-11-4)6-8-9-7(10)12-6/h2-3H,1H3,(H,9,10). The van der Waals surface area contributed by atoms with Crippen LogP contribution in [0.1, 0.15) is 4.88 Å². The summed E-state index contributed by atoms with van der Waals surface area (Å²) >= 11 is 2.80. The molecule has 0 aromatic carbocycles. The van der Waals surface area contributed by atoms with Crippen molar-refractivity contribution in [3.8, 4) is 10.6 Å². The lowest BCUT2D eigenvalue weighted by Gasteiger charge is -1.88. The highest BCUT2D eigenvalue weighted by molar-refractivity contribution is 7.14. The van der Waals surface area contributed by atoms with Crippen LogP contribution in [-0.2, 0) is 0 Å². The molecular formula is C7H6N2OS2. The molecule has 2 aromatic rings. The number of thiophene rings is 1. The summed E-state index contributed by atoms with van der Waals surface area (Å²) in [5.41, 5.74) is 1.06. The highest BCUT2D eigenvalue weighted by atomic mass is 32.1. The third kappa shape index (κ3) is 1.21. The summed E-state index contributed by atoms with van der Waals surface area (Å²) in [6, 6.07) is 1.98. The third-order valence-corrected chi connectivity index (χ3v) is 3.15. The van der Waals surface area contributed by atoms with Crippen LogP contribution in [-0.4, -0.2) is 10.2 Å². The van der Waals surface area contributed by atoms with Crippen molar-refractivity contribution in [2.45, 2.75) is 6.92 Å². The quantitative estimate of drug-likeness (QED) is 0.760. The number of rotatable bonds is 1. The number of aromatic nitrogens is 2. The number of H-pyrrole nitrogens is 1. The van der Waals surface area contributed by atoms with Crippen LogP contribution in [0.3, 0.4) is 0 Å². The van der Waals surface area contributed by atoms with Gasteiger partial charge in [-0.05, 0) is 18.4 Å². The van der Waals surface area contributed by atoms with Gasteiger partial charge in [-0.25, -0.2) is 5.10 Å². The van der Waals surface area contributed by atoms with Gasteiger partial charge in [-0.15, -0.1) is 11.3 Å². The molecule has 0 aliphatic carbocycles. The van der Waals surface area contributed by atoms with Crippen LogP contribution in [0.4, 0.5) is 0 Å². The number of nitrogens with one attached hydrogen (secondary N) is 1. The number of hydrogen-bond donors (Lipinski definition) is 1. The molecule has 2 rings (SSSR count). The van der Waals surface area contributed by atoms with Crippen LogP contribution in [0, 0.1) is 6.92 Å². The van der Waals surface area contributed by atoms with E-state index in [4.69, 9.17) is 0 Å².